The van der Waals surface area contributed by atoms with E-state index >= 15 is 0 Å². The molecule has 2 fully saturated rings. The van der Waals surface area contributed by atoms with E-state index in [4.69, 9.17) is 14.2 Å². The number of nitrogens with zero attached hydrogens (tertiary/aromatic N) is 1. The molecule has 1 aromatic rings. The minimum atomic E-state index is -0.223. The Morgan fingerprint density at radius 3 is 2.50 bits per heavy atom. The molecular formula is C14H13NO3. The highest BCUT2D eigenvalue weighted by molar-refractivity contribution is 5.49. The molecule has 3 aliphatic rings. The lowest BCUT2D eigenvalue weighted by molar-refractivity contribution is -0.0867. The first-order chi connectivity index (χ1) is 8.80. The van der Waals surface area contributed by atoms with Gasteiger partial charge in [0, 0.05) is 0 Å². The Bertz CT molecular complexity index is 553. The Morgan fingerprint density at radius 1 is 1.11 bits per heavy atom. The minimum Gasteiger partial charge on any atom is -0.454 e. The van der Waals surface area contributed by atoms with Gasteiger partial charge in [0.25, 0.3) is 0 Å². The predicted molar refractivity (Wildman–Crippen MR) is 62.3 cm³/mol. The van der Waals surface area contributed by atoms with Crippen LogP contribution in [0.2, 0.25) is 0 Å². The largest absolute Gasteiger partial charge is 0.454 e. The van der Waals surface area contributed by atoms with Crippen molar-refractivity contribution in [1.29, 1.82) is 5.26 Å². The van der Waals surface area contributed by atoms with Crippen molar-refractivity contribution in [2.45, 2.75) is 18.3 Å². The monoisotopic (exact) mass is 243 g/mol. The maximum atomic E-state index is 9.45. The van der Waals surface area contributed by atoms with E-state index in [-0.39, 0.29) is 17.6 Å². The van der Waals surface area contributed by atoms with E-state index in [1.165, 1.54) is 0 Å². The molecule has 2 aliphatic heterocycles. The van der Waals surface area contributed by atoms with Crippen LogP contribution in [0.25, 0.3) is 0 Å². The molecule has 1 saturated heterocycles. The lowest BCUT2D eigenvalue weighted by Gasteiger charge is -2.45. The van der Waals surface area contributed by atoms with Crippen LogP contribution in [0, 0.1) is 16.7 Å². The molecule has 1 aromatic carbocycles. The van der Waals surface area contributed by atoms with Crippen molar-refractivity contribution in [3.05, 3.63) is 23.8 Å². The van der Waals surface area contributed by atoms with Crippen molar-refractivity contribution in [2.75, 3.05) is 20.0 Å². The number of nitriles is 1. The maximum Gasteiger partial charge on any atom is 0.231 e. The summed E-state index contributed by atoms with van der Waals surface area (Å²) in [6, 6.07) is 8.51. The van der Waals surface area contributed by atoms with Gasteiger partial charge in [-0.3, -0.25) is 0 Å². The lowest BCUT2D eigenvalue weighted by atomic mass is 9.66. The summed E-state index contributed by atoms with van der Waals surface area (Å²) in [6.07, 6.45) is 1.95. The van der Waals surface area contributed by atoms with Crippen LogP contribution in [0.4, 0.5) is 0 Å². The van der Waals surface area contributed by atoms with E-state index in [1.54, 1.807) is 0 Å². The third kappa shape index (κ3) is 1.08. The fourth-order valence-electron chi connectivity index (χ4n) is 3.04. The first kappa shape index (κ1) is 10.2. The molecule has 0 amide bonds. The van der Waals surface area contributed by atoms with Crippen LogP contribution < -0.4 is 9.47 Å². The van der Waals surface area contributed by atoms with Crippen LogP contribution in [0.3, 0.4) is 0 Å². The molecule has 18 heavy (non-hydrogen) atoms. The van der Waals surface area contributed by atoms with Crippen LogP contribution in [-0.2, 0) is 10.2 Å². The summed E-state index contributed by atoms with van der Waals surface area (Å²) in [4.78, 5) is 0. The predicted octanol–water partition coefficient (Wildman–Crippen LogP) is 1.99. The van der Waals surface area contributed by atoms with E-state index in [2.05, 4.69) is 6.07 Å². The average Bonchev–Trinajstić information content (AvgIpc) is 2.99. The summed E-state index contributed by atoms with van der Waals surface area (Å²) in [7, 11) is 0. The smallest absolute Gasteiger partial charge is 0.231 e. The van der Waals surface area contributed by atoms with Gasteiger partial charge in [-0.25, -0.2) is 0 Å². The number of benzene rings is 1. The van der Waals surface area contributed by atoms with Crippen molar-refractivity contribution < 1.29 is 14.2 Å². The molecule has 2 heterocycles. The van der Waals surface area contributed by atoms with E-state index in [0.717, 1.165) is 29.9 Å². The van der Waals surface area contributed by atoms with Gasteiger partial charge < -0.3 is 14.2 Å². The van der Waals surface area contributed by atoms with Gasteiger partial charge in [0.05, 0.1) is 30.1 Å². The number of hydrogen-bond acceptors (Lipinski definition) is 4. The topological polar surface area (TPSA) is 51.5 Å². The van der Waals surface area contributed by atoms with Gasteiger partial charge in [-0.1, -0.05) is 6.07 Å². The second-order valence-corrected chi connectivity index (χ2v) is 5.34. The van der Waals surface area contributed by atoms with Crippen LogP contribution >= 0.6 is 0 Å². The summed E-state index contributed by atoms with van der Waals surface area (Å²) in [5.41, 5.74) is 0.791. The third-order valence-corrected chi connectivity index (χ3v) is 4.50. The zero-order chi connectivity index (χ0) is 12.2. The number of hydrogen-bond donors (Lipinski definition) is 0. The van der Waals surface area contributed by atoms with Gasteiger partial charge in [-0.2, -0.15) is 5.26 Å². The number of fused-ring (bicyclic) bond motifs is 1. The van der Waals surface area contributed by atoms with E-state index in [0.29, 0.717) is 13.2 Å². The van der Waals surface area contributed by atoms with Crippen molar-refractivity contribution in [1.82, 2.24) is 0 Å². The zero-order valence-corrected chi connectivity index (χ0v) is 9.94. The molecule has 0 atom stereocenters. The Kier molecular flexibility index (Phi) is 1.80. The van der Waals surface area contributed by atoms with Gasteiger partial charge in [0.2, 0.25) is 6.79 Å². The Labute approximate surface area is 105 Å². The van der Waals surface area contributed by atoms with Crippen molar-refractivity contribution >= 4 is 0 Å². The van der Waals surface area contributed by atoms with Gasteiger partial charge in [0.15, 0.2) is 11.5 Å². The minimum absolute atomic E-state index is 0.136. The SMILES string of the molecule is N#CC1(C2(c3ccc4c(c3)OCO4)COC2)CC1. The van der Waals surface area contributed by atoms with Gasteiger partial charge >= 0.3 is 0 Å². The molecule has 0 N–H and O–H groups in total. The molecule has 0 spiro atoms. The normalized spacial score (nSPS) is 25.1. The number of rotatable bonds is 2. The summed E-state index contributed by atoms with van der Waals surface area (Å²) >= 11 is 0. The summed E-state index contributed by atoms with van der Waals surface area (Å²) < 4.78 is 16.2. The standard InChI is InChI=1S/C14H13NO3/c15-6-13(3-4-13)14(7-16-8-14)10-1-2-11-12(5-10)18-9-17-11/h1-2,5H,3-4,7-9H2. The van der Waals surface area contributed by atoms with Gasteiger partial charge in [-0.15, -0.1) is 0 Å². The Morgan fingerprint density at radius 2 is 1.89 bits per heavy atom. The molecule has 4 nitrogen and oxygen atoms in total. The third-order valence-electron chi connectivity index (χ3n) is 4.50. The van der Waals surface area contributed by atoms with Crippen molar-refractivity contribution in [3.63, 3.8) is 0 Å². The highest BCUT2D eigenvalue weighted by Crippen LogP contribution is 2.62. The van der Waals surface area contributed by atoms with Gasteiger partial charge in [-0.05, 0) is 30.5 Å². The lowest BCUT2D eigenvalue weighted by Crippen LogP contribution is -2.53. The molecule has 92 valence electrons. The first-order valence-electron chi connectivity index (χ1n) is 6.19. The Balaban J connectivity index is 1.80. The highest BCUT2D eigenvalue weighted by Gasteiger charge is 2.64. The van der Waals surface area contributed by atoms with E-state index in [1.807, 2.05) is 18.2 Å². The second-order valence-electron chi connectivity index (χ2n) is 5.34. The summed E-state index contributed by atoms with van der Waals surface area (Å²) in [5, 5.41) is 9.45. The molecule has 0 aromatic heterocycles. The van der Waals surface area contributed by atoms with E-state index in [9.17, 15) is 5.26 Å². The first-order valence-corrected chi connectivity index (χ1v) is 6.19. The summed E-state index contributed by atoms with van der Waals surface area (Å²) in [6.45, 7) is 1.56. The molecule has 4 rings (SSSR count). The summed E-state index contributed by atoms with van der Waals surface area (Å²) in [5.74, 6) is 1.57. The van der Waals surface area contributed by atoms with Crippen LogP contribution in [-0.4, -0.2) is 20.0 Å². The molecule has 0 unspecified atom stereocenters. The molecular weight excluding hydrogens is 230 g/mol. The number of ether oxygens (including phenoxy) is 3. The molecule has 1 aliphatic carbocycles. The molecule has 4 heteroatoms. The van der Waals surface area contributed by atoms with Crippen LogP contribution in [0.5, 0.6) is 11.5 Å². The molecule has 0 radical (unpaired) electrons. The fraction of sp³-hybridized carbons (Fsp3) is 0.500. The van der Waals surface area contributed by atoms with Crippen LogP contribution in [0.15, 0.2) is 18.2 Å². The second kappa shape index (κ2) is 3.18. The average molecular weight is 243 g/mol. The van der Waals surface area contributed by atoms with Crippen molar-refractivity contribution in [2.24, 2.45) is 5.41 Å². The highest BCUT2D eigenvalue weighted by atomic mass is 16.7. The fourth-order valence-corrected chi connectivity index (χ4v) is 3.04. The van der Waals surface area contributed by atoms with Crippen molar-refractivity contribution in [3.8, 4) is 17.6 Å². The maximum absolute atomic E-state index is 9.45. The van der Waals surface area contributed by atoms with E-state index < -0.39 is 0 Å². The van der Waals surface area contributed by atoms with Gasteiger partial charge in [0.1, 0.15) is 0 Å². The Hall–Kier alpha value is -1.73. The quantitative estimate of drug-likeness (QED) is 0.797. The molecule has 1 saturated carbocycles. The zero-order valence-electron chi connectivity index (χ0n) is 9.94. The van der Waals surface area contributed by atoms with Crippen LogP contribution in [0.1, 0.15) is 18.4 Å². The molecule has 0 bridgehead atoms.